The Labute approximate surface area is 131 Å². The van der Waals surface area contributed by atoms with E-state index < -0.39 is 25.3 Å². The molecule has 0 saturated carbocycles. The lowest BCUT2D eigenvalue weighted by Gasteiger charge is -2.33. The van der Waals surface area contributed by atoms with Crippen molar-refractivity contribution in [3.8, 4) is 0 Å². The Morgan fingerprint density at radius 3 is 2.77 bits per heavy atom. The van der Waals surface area contributed by atoms with E-state index in [4.69, 9.17) is 9.47 Å². The van der Waals surface area contributed by atoms with Crippen LogP contribution in [-0.2, 0) is 14.3 Å². The molecule has 0 radical (unpaired) electrons. The topological polar surface area (TPSA) is 71.0 Å². The molecule has 0 unspecified atom stereocenters. The first-order valence-electron chi connectivity index (χ1n) is 7.23. The molecule has 2 aliphatic heterocycles. The second kappa shape index (κ2) is 6.59. The number of nitrogens with one attached hydrogen (secondary N) is 1. The van der Waals surface area contributed by atoms with Crippen molar-refractivity contribution < 1.29 is 19.4 Å². The molecule has 7 heteroatoms. The summed E-state index contributed by atoms with van der Waals surface area (Å²) in [7, 11) is 1.54. The van der Waals surface area contributed by atoms with E-state index in [1.165, 1.54) is 6.08 Å². The van der Waals surface area contributed by atoms with Crippen LogP contribution in [0.25, 0.3) is 0 Å². The summed E-state index contributed by atoms with van der Waals surface area (Å²) in [6, 6.07) is 0. The van der Waals surface area contributed by atoms with E-state index >= 15 is 0 Å². The van der Waals surface area contributed by atoms with E-state index in [0.29, 0.717) is 5.82 Å². The molecule has 0 aromatic carbocycles. The highest BCUT2D eigenvalue weighted by Crippen LogP contribution is 2.39. The maximum absolute atomic E-state index is 11.3. The fourth-order valence-electron chi connectivity index (χ4n) is 2.64. The number of aliphatic hydroxyl groups excluding tert-OH is 1. The van der Waals surface area contributed by atoms with Gasteiger partial charge in [0.25, 0.3) is 5.91 Å². The highest BCUT2D eigenvalue weighted by molar-refractivity contribution is 7.72. The minimum atomic E-state index is -1.18. The van der Waals surface area contributed by atoms with Gasteiger partial charge in [0.2, 0.25) is 0 Å². The van der Waals surface area contributed by atoms with Crippen molar-refractivity contribution in [3.05, 3.63) is 24.7 Å². The molecule has 124 valence electrons. The van der Waals surface area contributed by atoms with E-state index in [1.54, 1.807) is 18.2 Å². The molecule has 22 heavy (non-hydrogen) atoms. The Morgan fingerprint density at radius 2 is 2.23 bits per heavy atom. The smallest absolute Gasteiger partial charge is 0.250 e. The highest BCUT2D eigenvalue weighted by Gasteiger charge is 2.47. The summed E-state index contributed by atoms with van der Waals surface area (Å²) < 4.78 is 11.4. The zero-order valence-electron chi connectivity index (χ0n) is 13.4. The predicted molar refractivity (Wildman–Crippen MR) is 89.1 cm³/mol. The number of ether oxygens (including phenoxy) is 2. The van der Waals surface area contributed by atoms with Gasteiger partial charge in [-0.3, -0.25) is 4.79 Å². The van der Waals surface area contributed by atoms with Gasteiger partial charge >= 0.3 is 0 Å². The number of rotatable bonds is 5. The summed E-state index contributed by atoms with van der Waals surface area (Å²) in [5.41, 5.74) is 0. The largest absolute Gasteiger partial charge is 0.388 e. The van der Waals surface area contributed by atoms with Crippen molar-refractivity contribution in [2.45, 2.75) is 31.0 Å². The minimum absolute atomic E-state index is 0.228. The summed E-state index contributed by atoms with van der Waals surface area (Å²) in [4.78, 5) is 13.0. The van der Waals surface area contributed by atoms with E-state index in [1.807, 2.05) is 0 Å². The van der Waals surface area contributed by atoms with Gasteiger partial charge in [-0.1, -0.05) is 6.58 Å². The third-order valence-corrected chi connectivity index (χ3v) is 5.31. The van der Waals surface area contributed by atoms with Crippen LogP contribution in [0.5, 0.6) is 0 Å². The van der Waals surface area contributed by atoms with Gasteiger partial charge in [-0.05, 0) is 25.9 Å². The lowest BCUT2D eigenvalue weighted by molar-refractivity contribution is -0.118. The van der Waals surface area contributed by atoms with Gasteiger partial charge in [-0.25, -0.2) is 0 Å². The van der Waals surface area contributed by atoms with Crippen LogP contribution in [0, 0.1) is 0 Å². The maximum atomic E-state index is 11.3. The highest BCUT2D eigenvalue weighted by atomic mass is 31.2. The van der Waals surface area contributed by atoms with E-state index in [2.05, 4.69) is 31.5 Å². The van der Waals surface area contributed by atoms with Gasteiger partial charge in [0.1, 0.15) is 18.0 Å². The quantitative estimate of drug-likeness (QED) is 0.724. The van der Waals surface area contributed by atoms with Gasteiger partial charge in [0.05, 0.1) is 6.10 Å². The Kier molecular flexibility index (Phi) is 5.17. The molecule has 0 spiro atoms. The molecule has 6 nitrogen and oxygen atoms in total. The first-order valence-corrected chi connectivity index (χ1v) is 10.3. The predicted octanol–water partition coefficient (Wildman–Crippen LogP) is 0.603. The molecule has 0 bridgehead atoms. The fourth-order valence-corrected chi connectivity index (χ4v) is 3.59. The zero-order valence-corrected chi connectivity index (χ0v) is 14.3. The summed E-state index contributed by atoms with van der Waals surface area (Å²) in [5, 5.41) is 13.1. The van der Waals surface area contributed by atoms with Crippen molar-refractivity contribution in [1.29, 1.82) is 0 Å². The van der Waals surface area contributed by atoms with Gasteiger partial charge < -0.3 is 24.8 Å². The van der Waals surface area contributed by atoms with E-state index in [9.17, 15) is 9.90 Å². The van der Waals surface area contributed by atoms with Gasteiger partial charge in [-0.15, -0.1) is 13.2 Å². The summed E-state index contributed by atoms with van der Waals surface area (Å²) in [5.74, 6) is 0.186. The number of hydrogen-bond donors (Lipinski definition) is 2. The second-order valence-corrected chi connectivity index (χ2v) is 10.7. The molecule has 1 fully saturated rings. The first-order chi connectivity index (χ1) is 10.2. The number of hydrogen-bond acceptors (Lipinski definition) is 5. The van der Waals surface area contributed by atoms with Gasteiger partial charge in [-0.2, -0.15) is 0 Å². The van der Waals surface area contributed by atoms with Crippen LogP contribution in [0.3, 0.4) is 0 Å². The third kappa shape index (κ3) is 3.82. The molecular weight excluding hydrogens is 303 g/mol. The molecule has 0 aromatic heterocycles. The van der Waals surface area contributed by atoms with Crippen LogP contribution in [-0.4, -0.2) is 73.4 Å². The lowest BCUT2D eigenvalue weighted by Crippen LogP contribution is -2.47. The lowest BCUT2D eigenvalue weighted by atomic mass is 10.1. The fraction of sp³-hybridized carbons (Fsp3) is 0.600. The Hall–Kier alpha value is -1.07. The molecular formula is C15H25N2O4P. The van der Waals surface area contributed by atoms with Gasteiger partial charge in [0.15, 0.2) is 6.23 Å². The molecule has 2 rings (SSSR count). The normalized spacial score (nSPS) is 32.5. The molecule has 0 aromatic rings. The van der Waals surface area contributed by atoms with Crippen LogP contribution < -0.4 is 5.32 Å². The second-order valence-electron chi connectivity index (χ2n) is 6.36. The number of amides is 1. The summed E-state index contributed by atoms with van der Waals surface area (Å²) in [6.07, 6.45) is 6.80. The number of carbonyl (C=O) groups is 1. The number of nitrogens with zero attached hydrogens (tertiary/aromatic N) is 1. The first kappa shape index (κ1) is 17.3. The molecule has 2 aliphatic rings. The summed E-state index contributed by atoms with van der Waals surface area (Å²) >= 11 is 0. The van der Waals surface area contributed by atoms with Crippen LogP contribution in [0.1, 0.15) is 6.42 Å². The molecule has 0 aliphatic carbocycles. The maximum Gasteiger partial charge on any atom is 0.250 e. The van der Waals surface area contributed by atoms with E-state index in [0.717, 1.165) is 12.6 Å². The van der Waals surface area contributed by atoms with Crippen molar-refractivity contribution in [3.63, 3.8) is 0 Å². The van der Waals surface area contributed by atoms with Crippen molar-refractivity contribution in [2.75, 3.05) is 26.6 Å². The SMILES string of the molecule is C=C1NC(=O)C=CN1[C@@H]1O[C@H](CCP(=C)(C)C)[C@@H](O)[C@H]1OC. The molecule has 2 heterocycles. The number of methoxy groups -OCH3 is 1. The monoisotopic (exact) mass is 328 g/mol. The van der Waals surface area contributed by atoms with Crippen LogP contribution in [0.15, 0.2) is 24.7 Å². The Balaban J connectivity index is 2.11. The minimum Gasteiger partial charge on any atom is -0.388 e. The third-order valence-electron chi connectivity index (χ3n) is 3.84. The van der Waals surface area contributed by atoms with Gasteiger partial charge in [0, 0.05) is 19.4 Å². The standard InChI is InChI=1S/C15H25N2O4P/c1-10-16-12(18)6-8-17(10)15-14(20-2)13(19)11(21-15)7-9-22(3,4)5/h6,8,11,13-15,19H,1,3,7,9H2,2,4-5H3,(H,16,18)/t11-,13-,14-,15-/m1/s1. The summed E-state index contributed by atoms with van der Waals surface area (Å²) in [6.45, 7) is 6.95. The Bertz CT molecular complexity index is 528. The molecule has 2 N–H and O–H groups in total. The van der Waals surface area contributed by atoms with Crippen LogP contribution >= 0.6 is 6.89 Å². The number of aliphatic hydroxyl groups is 1. The van der Waals surface area contributed by atoms with E-state index in [-0.39, 0.29) is 12.0 Å². The van der Waals surface area contributed by atoms with Crippen LogP contribution in [0.4, 0.5) is 0 Å². The van der Waals surface area contributed by atoms with Crippen molar-refractivity contribution >= 4 is 19.1 Å². The molecule has 1 saturated heterocycles. The molecule has 1 amide bonds. The zero-order chi connectivity index (χ0) is 16.5. The number of carbonyl (C=O) groups excluding carboxylic acids is 1. The van der Waals surface area contributed by atoms with Crippen molar-refractivity contribution in [1.82, 2.24) is 10.2 Å². The average molecular weight is 328 g/mol. The van der Waals surface area contributed by atoms with Crippen molar-refractivity contribution in [2.24, 2.45) is 0 Å². The Morgan fingerprint density at radius 1 is 1.55 bits per heavy atom. The van der Waals surface area contributed by atoms with Crippen LogP contribution in [0.2, 0.25) is 0 Å². The average Bonchev–Trinajstić information content (AvgIpc) is 2.72. The molecule has 4 atom stereocenters.